The maximum atomic E-state index is 12.8. The van der Waals surface area contributed by atoms with Crippen molar-refractivity contribution in [2.45, 2.75) is 38.6 Å². The topological polar surface area (TPSA) is 72.4 Å². The van der Waals surface area contributed by atoms with Gasteiger partial charge in [0.2, 0.25) is 0 Å². The lowest BCUT2D eigenvalue weighted by molar-refractivity contribution is 0.0602. The lowest BCUT2D eigenvalue weighted by atomic mass is 9.93. The van der Waals surface area contributed by atoms with Gasteiger partial charge in [0.05, 0.1) is 24.4 Å². The van der Waals surface area contributed by atoms with Gasteiger partial charge in [-0.25, -0.2) is 9.59 Å². The van der Waals surface area contributed by atoms with Gasteiger partial charge in [-0.3, -0.25) is 0 Å². The average molecular weight is 424 g/mol. The van der Waals surface area contributed by atoms with Crippen molar-refractivity contribution in [2.75, 3.05) is 12.4 Å². The van der Waals surface area contributed by atoms with Gasteiger partial charge in [-0.15, -0.1) is 11.3 Å². The summed E-state index contributed by atoms with van der Waals surface area (Å²) >= 11 is 1.82. The van der Waals surface area contributed by atoms with Crippen LogP contribution in [0.3, 0.4) is 0 Å². The molecule has 1 aliphatic rings. The van der Waals surface area contributed by atoms with Gasteiger partial charge in [0.1, 0.15) is 5.00 Å². The van der Waals surface area contributed by atoms with Crippen LogP contribution in [0.5, 0.6) is 0 Å². The molecule has 0 radical (unpaired) electrons. The van der Waals surface area contributed by atoms with E-state index in [4.69, 9.17) is 4.74 Å². The first-order valence-electron chi connectivity index (χ1n) is 10.1. The number of nitrogens with one attached hydrogen (secondary N) is 2. The first-order valence-corrected chi connectivity index (χ1v) is 10.9. The normalized spacial score (nSPS) is 13.9. The number of anilines is 1. The van der Waals surface area contributed by atoms with E-state index in [1.54, 1.807) is 24.3 Å². The lowest BCUT2D eigenvalue weighted by Crippen LogP contribution is -2.32. The predicted molar refractivity (Wildman–Crippen MR) is 119 cm³/mol. The first-order chi connectivity index (χ1) is 14.6. The highest BCUT2D eigenvalue weighted by Crippen LogP contribution is 2.40. The minimum Gasteiger partial charge on any atom is -0.465 e. The summed E-state index contributed by atoms with van der Waals surface area (Å²) in [6.45, 7) is 2.01. The third-order valence-electron chi connectivity index (χ3n) is 5.39. The molecule has 3 aromatic rings. The van der Waals surface area contributed by atoms with Crippen LogP contribution in [0.2, 0.25) is 0 Å². The summed E-state index contributed by atoms with van der Waals surface area (Å²) in [7, 11) is 1.32. The number of carbonyl (C=O) groups is 2. The van der Waals surface area contributed by atoms with Crippen molar-refractivity contribution in [3.63, 3.8) is 0 Å². The number of aryl methyl sites for hydroxylation is 1. The number of esters is 1. The summed E-state index contributed by atoms with van der Waals surface area (Å²) < 4.78 is 6.93. The van der Waals surface area contributed by atoms with Crippen LogP contribution in [0.1, 0.15) is 52.2 Å². The Kier molecular flexibility index (Phi) is 5.90. The highest BCUT2D eigenvalue weighted by Gasteiger charge is 2.26. The van der Waals surface area contributed by atoms with Crippen molar-refractivity contribution >= 4 is 29.0 Å². The second kappa shape index (κ2) is 8.75. The third kappa shape index (κ3) is 3.98. The molecule has 0 saturated heterocycles. The van der Waals surface area contributed by atoms with Crippen LogP contribution in [0, 0.1) is 0 Å². The number of ether oxygens (including phenoxy) is 1. The fraction of sp³-hybridized carbons (Fsp3) is 0.304. The van der Waals surface area contributed by atoms with Gasteiger partial charge in [-0.05, 0) is 62.4 Å². The molecule has 156 valence electrons. The Morgan fingerprint density at radius 1 is 1.10 bits per heavy atom. The molecule has 0 spiro atoms. The third-order valence-corrected chi connectivity index (χ3v) is 6.71. The first kappa shape index (κ1) is 20.2. The van der Waals surface area contributed by atoms with E-state index < -0.39 is 5.97 Å². The second-order valence-electron chi connectivity index (χ2n) is 7.38. The number of aromatic nitrogens is 1. The second-order valence-corrected chi connectivity index (χ2v) is 8.46. The molecule has 0 unspecified atom stereocenters. The summed E-state index contributed by atoms with van der Waals surface area (Å²) in [6, 6.07) is 10.3. The van der Waals surface area contributed by atoms with E-state index in [0.717, 1.165) is 17.8 Å². The molecule has 2 N–H and O–H groups in total. The van der Waals surface area contributed by atoms with Crippen molar-refractivity contribution in [1.82, 2.24) is 9.88 Å². The van der Waals surface area contributed by atoms with Crippen LogP contribution in [0.25, 0.3) is 5.00 Å². The number of amides is 2. The number of benzene rings is 1. The van der Waals surface area contributed by atoms with Gasteiger partial charge >= 0.3 is 12.0 Å². The molecule has 30 heavy (non-hydrogen) atoms. The number of fused-ring (bicyclic) bond motifs is 1. The van der Waals surface area contributed by atoms with Gasteiger partial charge in [-0.2, -0.15) is 0 Å². The minimum atomic E-state index is -0.485. The Morgan fingerprint density at radius 2 is 1.83 bits per heavy atom. The Morgan fingerprint density at radius 3 is 2.60 bits per heavy atom. The smallest absolute Gasteiger partial charge is 0.339 e. The van der Waals surface area contributed by atoms with Crippen molar-refractivity contribution in [3.05, 3.63) is 70.4 Å². The Hall–Kier alpha value is -3.06. The van der Waals surface area contributed by atoms with E-state index in [9.17, 15) is 9.59 Å². The fourth-order valence-corrected chi connectivity index (χ4v) is 5.44. The van der Waals surface area contributed by atoms with Crippen LogP contribution in [0.15, 0.2) is 48.8 Å². The van der Waals surface area contributed by atoms with Crippen LogP contribution in [0.4, 0.5) is 10.5 Å². The summed E-state index contributed by atoms with van der Waals surface area (Å²) in [6.07, 6.45) is 8.61. The number of urea groups is 1. The van der Waals surface area contributed by atoms with E-state index in [1.807, 2.05) is 42.8 Å². The zero-order chi connectivity index (χ0) is 21.1. The summed E-state index contributed by atoms with van der Waals surface area (Å²) in [4.78, 5) is 26.2. The van der Waals surface area contributed by atoms with Gasteiger partial charge in [0, 0.05) is 22.8 Å². The summed E-state index contributed by atoms with van der Waals surface area (Å²) in [5.41, 5.74) is 3.30. The molecular weight excluding hydrogens is 398 g/mol. The summed E-state index contributed by atoms with van der Waals surface area (Å²) in [5.74, 6) is -0.485. The molecule has 1 aliphatic carbocycles. The van der Waals surface area contributed by atoms with Gasteiger partial charge in [0.25, 0.3) is 0 Å². The molecule has 0 aliphatic heterocycles. The van der Waals surface area contributed by atoms with E-state index in [2.05, 4.69) is 15.2 Å². The highest BCUT2D eigenvalue weighted by atomic mass is 32.1. The van der Waals surface area contributed by atoms with E-state index in [-0.39, 0.29) is 12.1 Å². The number of carbonyl (C=O) groups excluding carboxylic acids is 2. The molecule has 0 bridgehead atoms. The number of rotatable bonds is 5. The molecule has 1 aromatic carbocycles. The molecule has 2 heterocycles. The van der Waals surface area contributed by atoms with Crippen LogP contribution in [-0.4, -0.2) is 23.7 Å². The molecule has 4 rings (SSSR count). The van der Waals surface area contributed by atoms with Gasteiger partial charge in [0.15, 0.2) is 0 Å². The minimum absolute atomic E-state index is 0.175. The van der Waals surface area contributed by atoms with Gasteiger partial charge < -0.3 is 19.9 Å². The molecule has 2 amide bonds. The van der Waals surface area contributed by atoms with Crippen molar-refractivity contribution in [3.8, 4) is 5.00 Å². The van der Waals surface area contributed by atoms with Crippen molar-refractivity contribution < 1.29 is 14.3 Å². The molecular formula is C23H25N3O3S. The zero-order valence-electron chi connectivity index (χ0n) is 17.1. The number of methoxy groups -OCH3 is 1. The maximum Gasteiger partial charge on any atom is 0.339 e. The maximum absolute atomic E-state index is 12.8. The van der Waals surface area contributed by atoms with E-state index >= 15 is 0 Å². The van der Waals surface area contributed by atoms with E-state index in [1.165, 1.54) is 36.0 Å². The standard InChI is InChI=1S/C23H25N3O3S/c1-15(24-23(28)25-18-11-5-3-9-16(18)22(27)29-2)20-17-10-4-6-12-19(17)30-21(20)26-13-7-8-14-26/h3,5,7-9,11,13-15H,4,6,10,12H2,1-2H3,(H2,24,25,28)/t15-/m1/s1. The molecule has 0 saturated carbocycles. The number of hydrogen-bond acceptors (Lipinski definition) is 4. The highest BCUT2D eigenvalue weighted by molar-refractivity contribution is 7.15. The van der Waals surface area contributed by atoms with Crippen LogP contribution >= 0.6 is 11.3 Å². The molecule has 0 fully saturated rings. The van der Waals surface area contributed by atoms with Crippen molar-refractivity contribution in [1.29, 1.82) is 0 Å². The Balaban J connectivity index is 1.58. The lowest BCUT2D eigenvalue weighted by Gasteiger charge is -2.20. The summed E-state index contributed by atoms with van der Waals surface area (Å²) in [5, 5.41) is 7.02. The quantitative estimate of drug-likeness (QED) is 0.562. The molecule has 1 atom stereocenters. The molecule has 6 nitrogen and oxygen atoms in total. The van der Waals surface area contributed by atoms with Crippen LogP contribution < -0.4 is 10.6 Å². The Bertz CT molecular complexity index is 1060. The number of para-hydroxylation sites is 1. The average Bonchev–Trinajstić information content (AvgIpc) is 3.41. The molecule has 2 aromatic heterocycles. The largest absolute Gasteiger partial charge is 0.465 e. The number of hydrogen-bond donors (Lipinski definition) is 2. The number of thiophene rings is 1. The number of nitrogens with zero attached hydrogens (tertiary/aromatic N) is 1. The monoisotopic (exact) mass is 423 g/mol. The SMILES string of the molecule is COC(=O)c1ccccc1NC(=O)N[C@H](C)c1c(-n2cccc2)sc2c1CCCC2. The predicted octanol–water partition coefficient (Wildman–Crippen LogP) is 5.09. The van der Waals surface area contributed by atoms with Crippen LogP contribution in [-0.2, 0) is 17.6 Å². The zero-order valence-corrected chi connectivity index (χ0v) is 17.9. The van der Waals surface area contributed by atoms with E-state index in [0.29, 0.717) is 11.3 Å². The molecule has 7 heteroatoms. The Labute approximate surface area is 179 Å². The van der Waals surface area contributed by atoms with Gasteiger partial charge in [-0.1, -0.05) is 12.1 Å². The van der Waals surface area contributed by atoms with Crippen molar-refractivity contribution in [2.24, 2.45) is 0 Å². The fourth-order valence-electron chi connectivity index (χ4n) is 3.99.